The summed E-state index contributed by atoms with van der Waals surface area (Å²) < 4.78 is 10.7. The number of hydrogen-bond donors (Lipinski definition) is 1. The number of carbonyl (C=O) groups is 3. The van der Waals surface area contributed by atoms with E-state index in [1.165, 1.54) is 7.11 Å². The molecule has 0 bridgehead atoms. The van der Waals surface area contributed by atoms with Crippen molar-refractivity contribution in [3.63, 3.8) is 0 Å². The van der Waals surface area contributed by atoms with Crippen molar-refractivity contribution < 1.29 is 23.9 Å². The summed E-state index contributed by atoms with van der Waals surface area (Å²) in [4.78, 5) is 35.3. The fourth-order valence-electron chi connectivity index (χ4n) is 2.50. The van der Waals surface area contributed by atoms with Crippen LogP contribution in [0.5, 0.6) is 11.5 Å². The number of methoxy groups -OCH3 is 1. The standard InChI is InChI=1S/C20H17NO5S/c1-25-16-11-14(12-17-19(23)21-20(24)27-17)7-9-15(16)26-18(22)10-8-13-5-3-2-4-6-13/h2-7,9,11-12H,8,10H2,1H3,(H,21,23,24). The van der Waals surface area contributed by atoms with Gasteiger partial charge in [0, 0.05) is 6.42 Å². The monoisotopic (exact) mass is 383 g/mol. The molecule has 3 rings (SSSR count). The van der Waals surface area contributed by atoms with E-state index in [4.69, 9.17) is 9.47 Å². The zero-order chi connectivity index (χ0) is 19.2. The third-order valence-electron chi connectivity index (χ3n) is 3.81. The molecule has 0 aromatic heterocycles. The van der Waals surface area contributed by atoms with Crippen LogP contribution in [-0.4, -0.2) is 24.2 Å². The van der Waals surface area contributed by atoms with Gasteiger partial charge in [0.15, 0.2) is 11.5 Å². The van der Waals surface area contributed by atoms with Gasteiger partial charge in [-0.1, -0.05) is 36.4 Å². The third-order valence-corrected chi connectivity index (χ3v) is 4.62. The maximum atomic E-state index is 12.1. The minimum absolute atomic E-state index is 0.248. The lowest BCUT2D eigenvalue weighted by molar-refractivity contribution is -0.134. The molecule has 0 saturated carbocycles. The van der Waals surface area contributed by atoms with E-state index in [0.717, 1.165) is 17.3 Å². The van der Waals surface area contributed by atoms with Crippen molar-refractivity contribution in [2.75, 3.05) is 7.11 Å². The fourth-order valence-corrected chi connectivity index (χ4v) is 3.18. The molecule has 2 aromatic carbocycles. The molecule has 1 N–H and O–H groups in total. The minimum Gasteiger partial charge on any atom is -0.493 e. The largest absolute Gasteiger partial charge is 0.493 e. The molecule has 1 aliphatic rings. The van der Waals surface area contributed by atoms with Gasteiger partial charge in [0.2, 0.25) is 0 Å². The molecule has 1 fully saturated rings. The van der Waals surface area contributed by atoms with E-state index in [2.05, 4.69) is 5.32 Å². The Bertz CT molecular complexity index is 908. The maximum Gasteiger partial charge on any atom is 0.311 e. The number of imide groups is 1. The van der Waals surface area contributed by atoms with Gasteiger partial charge in [-0.3, -0.25) is 19.7 Å². The Morgan fingerprint density at radius 3 is 2.56 bits per heavy atom. The number of esters is 1. The van der Waals surface area contributed by atoms with Gasteiger partial charge < -0.3 is 9.47 Å². The average molecular weight is 383 g/mol. The Morgan fingerprint density at radius 1 is 1.11 bits per heavy atom. The number of carbonyl (C=O) groups excluding carboxylic acids is 3. The predicted molar refractivity (Wildman–Crippen MR) is 102 cm³/mol. The molecule has 0 unspecified atom stereocenters. The number of amides is 2. The Balaban J connectivity index is 1.67. The van der Waals surface area contributed by atoms with Crippen molar-refractivity contribution in [3.05, 3.63) is 64.6 Å². The lowest BCUT2D eigenvalue weighted by atomic mass is 10.1. The first kappa shape index (κ1) is 18.7. The summed E-state index contributed by atoms with van der Waals surface area (Å²) in [5, 5.41) is 1.80. The van der Waals surface area contributed by atoms with Gasteiger partial charge in [-0.05, 0) is 47.5 Å². The van der Waals surface area contributed by atoms with E-state index < -0.39 is 11.1 Å². The summed E-state index contributed by atoms with van der Waals surface area (Å²) in [5.74, 6) is -0.121. The molecule has 2 amide bonds. The molecule has 2 aromatic rings. The highest BCUT2D eigenvalue weighted by atomic mass is 32.2. The van der Waals surface area contributed by atoms with Gasteiger partial charge in [-0.25, -0.2) is 0 Å². The van der Waals surface area contributed by atoms with E-state index in [1.807, 2.05) is 30.3 Å². The number of aryl methyl sites for hydroxylation is 1. The third kappa shape index (κ3) is 4.98. The number of ether oxygens (including phenoxy) is 2. The summed E-state index contributed by atoms with van der Waals surface area (Å²) in [6.07, 6.45) is 2.42. The molecule has 6 nitrogen and oxygen atoms in total. The number of benzene rings is 2. The smallest absolute Gasteiger partial charge is 0.311 e. The molecular weight excluding hydrogens is 366 g/mol. The van der Waals surface area contributed by atoms with Crippen molar-refractivity contribution in [1.29, 1.82) is 0 Å². The lowest BCUT2D eigenvalue weighted by Gasteiger charge is -2.10. The quantitative estimate of drug-likeness (QED) is 0.467. The molecule has 138 valence electrons. The molecule has 0 spiro atoms. The average Bonchev–Trinajstić information content (AvgIpc) is 2.99. The molecule has 1 heterocycles. The second kappa shape index (κ2) is 8.55. The van der Waals surface area contributed by atoms with Crippen LogP contribution >= 0.6 is 11.8 Å². The lowest BCUT2D eigenvalue weighted by Crippen LogP contribution is -2.17. The highest BCUT2D eigenvalue weighted by Crippen LogP contribution is 2.31. The van der Waals surface area contributed by atoms with E-state index >= 15 is 0 Å². The number of hydrogen-bond acceptors (Lipinski definition) is 6. The molecule has 1 aliphatic heterocycles. The topological polar surface area (TPSA) is 81.7 Å². The molecule has 27 heavy (non-hydrogen) atoms. The summed E-state index contributed by atoms with van der Waals surface area (Å²) in [5.41, 5.74) is 1.72. The van der Waals surface area contributed by atoms with Crippen LogP contribution in [0.2, 0.25) is 0 Å². The molecule has 0 aliphatic carbocycles. The van der Waals surface area contributed by atoms with E-state index in [0.29, 0.717) is 28.4 Å². The fraction of sp³-hybridized carbons (Fsp3) is 0.150. The van der Waals surface area contributed by atoms with Gasteiger partial charge in [0.05, 0.1) is 12.0 Å². The molecule has 0 radical (unpaired) electrons. The first-order chi connectivity index (χ1) is 13.0. The van der Waals surface area contributed by atoms with Crippen LogP contribution in [0.4, 0.5) is 4.79 Å². The van der Waals surface area contributed by atoms with Crippen LogP contribution in [0.1, 0.15) is 17.5 Å². The first-order valence-electron chi connectivity index (χ1n) is 8.22. The number of thioether (sulfide) groups is 1. The van der Waals surface area contributed by atoms with Gasteiger partial charge in [0.1, 0.15) is 0 Å². The SMILES string of the molecule is COc1cc(C=C2SC(=O)NC2=O)ccc1OC(=O)CCc1ccccc1. The van der Waals surface area contributed by atoms with E-state index in [1.54, 1.807) is 24.3 Å². The molecular formula is C20H17NO5S. The molecule has 1 saturated heterocycles. The molecule has 0 atom stereocenters. The summed E-state index contributed by atoms with van der Waals surface area (Å²) in [6, 6.07) is 14.6. The van der Waals surface area contributed by atoms with Crippen molar-refractivity contribution in [2.24, 2.45) is 0 Å². The Hall–Kier alpha value is -3.06. The zero-order valence-electron chi connectivity index (χ0n) is 14.6. The summed E-state index contributed by atoms with van der Waals surface area (Å²) in [7, 11) is 1.47. The predicted octanol–water partition coefficient (Wildman–Crippen LogP) is 3.56. The maximum absolute atomic E-state index is 12.1. The van der Waals surface area contributed by atoms with Crippen LogP contribution in [0, 0.1) is 0 Å². The highest BCUT2D eigenvalue weighted by molar-refractivity contribution is 8.18. The number of rotatable bonds is 6. The highest BCUT2D eigenvalue weighted by Gasteiger charge is 2.25. The second-order valence-electron chi connectivity index (χ2n) is 5.72. The number of nitrogens with one attached hydrogen (secondary N) is 1. The van der Waals surface area contributed by atoms with Crippen LogP contribution in [0.25, 0.3) is 6.08 Å². The van der Waals surface area contributed by atoms with Crippen molar-refractivity contribution in [1.82, 2.24) is 5.32 Å². The zero-order valence-corrected chi connectivity index (χ0v) is 15.4. The van der Waals surface area contributed by atoms with Crippen LogP contribution in [-0.2, 0) is 16.0 Å². The Kier molecular flexibility index (Phi) is 5.93. The minimum atomic E-state index is -0.430. The van der Waals surface area contributed by atoms with Crippen molar-refractivity contribution >= 4 is 35.0 Å². The van der Waals surface area contributed by atoms with Crippen LogP contribution < -0.4 is 14.8 Å². The van der Waals surface area contributed by atoms with Crippen LogP contribution in [0.15, 0.2) is 53.4 Å². The van der Waals surface area contributed by atoms with Crippen molar-refractivity contribution in [3.8, 4) is 11.5 Å². The normalized spacial score (nSPS) is 14.9. The van der Waals surface area contributed by atoms with Crippen LogP contribution in [0.3, 0.4) is 0 Å². The Labute approximate surface area is 160 Å². The van der Waals surface area contributed by atoms with Gasteiger partial charge in [-0.15, -0.1) is 0 Å². The molecule has 7 heteroatoms. The van der Waals surface area contributed by atoms with E-state index in [9.17, 15) is 14.4 Å². The van der Waals surface area contributed by atoms with Crippen molar-refractivity contribution in [2.45, 2.75) is 12.8 Å². The summed E-state index contributed by atoms with van der Waals surface area (Å²) in [6.45, 7) is 0. The summed E-state index contributed by atoms with van der Waals surface area (Å²) >= 11 is 0.837. The first-order valence-corrected chi connectivity index (χ1v) is 9.04. The van der Waals surface area contributed by atoms with Gasteiger partial charge in [-0.2, -0.15) is 0 Å². The second-order valence-corrected chi connectivity index (χ2v) is 6.74. The Morgan fingerprint density at radius 2 is 1.89 bits per heavy atom. The van der Waals surface area contributed by atoms with E-state index in [-0.39, 0.29) is 12.4 Å². The van der Waals surface area contributed by atoms with Gasteiger partial charge in [0.25, 0.3) is 11.1 Å². The van der Waals surface area contributed by atoms with Gasteiger partial charge >= 0.3 is 5.97 Å².